The number of likely N-dealkylation sites (tertiary alicyclic amines) is 1. The van der Waals surface area contributed by atoms with Crippen molar-refractivity contribution < 1.29 is 23.1 Å². The quantitative estimate of drug-likeness (QED) is 0.414. The third kappa shape index (κ3) is 3.91. The third-order valence-corrected chi connectivity index (χ3v) is 6.35. The van der Waals surface area contributed by atoms with E-state index in [-0.39, 0.29) is 25.6 Å². The number of fused-ring (bicyclic) bond motifs is 3. The monoisotopic (exact) mass is 496 g/mol. The topological polar surface area (TPSA) is 102 Å². The van der Waals surface area contributed by atoms with Gasteiger partial charge in [-0.15, -0.1) is 0 Å². The van der Waals surface area contributed by atoms with Crippen LogP contribution in [0.25, 0.3) is 27.6 Å². The van der Waals surface area contributed by atoms with Crippen LogP contribution in [0.5, 0.6) is 0 Å². The standard InChI is InChI=1S/C25H23F3N6O2/c1-32-12-20-19-11-16(23(36)33-13-24(14-33,15-35)30-10-2-9-29)3-8-21(19)34(22(20)31-32)18-6-4-17(5-7-18)25(26,27)28/h2-12,35H,13-15,29H2,1H3/b9-2-,30-10?. The van der Waals surface area contributed by atoms with Crippen LogP contribution in [0.15, 0.2) is 65.9 Å². The number of halogens is 3. The number of hydrogen-bond acceptors (Lipinski definition) is 5. The van der Waals surface area contributed by atoms with Crippen molar-refractivity contribution in [2.75, 3.05) is 19.7 Å². The first kappa shape index (κ1) is 23.6. The lowest BCUT2D eigenvalue weighted by molar-refractivity contribution is -0.137. The number of alkyl halides is 3. The first-order chi connectivity index (χ1) is 17.2. The summed E-state index contributed by atoms with van der Waals surface area (Å²) in [7, 11) is 1.76. The molecule has 5 rings (SSSR count). The molecule has 1 fully saturated rings. The minimum absolute atomic E-state index is 0.197. The van der Waals surface area contributed by atoms with E-state index in [1.54, 1.807) is 45.5 Å². The number of benzene rings is 2. The average Bonchev–Trinajstić information content (AvgIpc) is 3.34. The largest absolute Gasteiger partial charge is 0.416 e. The van der Waals surface area contributed by atoms with E-state index < -0.39 is 17.3 Å². The number of amides is 1. The molecular formula is C25H23F3N6O2. The van der Waals surface area contributed by atoms with E-state index >= 15 is 0 Å². The highest BCUT2D eigenvalue weighted by Crippen LogP contribution is 2.35. The van der Waals surface area contributed by atoms with Crippen LogP contribution in [0.2, 0.25) is 0 Å². The normalized spacial score (nSPS) is 16.0. The number of nitrogens with two attached hydrogens (primary N) is 1. The Morgan fingerprint density at radius 3 is 2.56 bits per heavy atom. The molecule has 0 bridgehead atoms. The Labute approximate surface area is 203 Å². The van der Waals surface area contributed by atoms with E-state index in [2.05, 4.69) is 10.1 Å². The molecule has 1 aliphatic rings. The molecular weight excluding hydrogens is 473 g/mol. The molecule has 1 saturated heterocycles. The van der Waals surface area contributed by atoms with Crippen molar-refractivity contribution in [2.45, 2.75) is 11.7 Å². The fourth-order valence-electron chi connectivity index (χ4n) is 4.55. The van der Waals surface area contributed by atoms with Gasteiger partial charge in [0.2, 0.25) is 0 Å². The Bertz CT molecular complexity index is 1510. The molecule has 0 saturated carbocycles. The molecule has 2 aromatic heterocycles. The number of carbonyl (C=O) groups excluding carboxylic acids is 1. The average molecular weight is 496 g/mol. The number of aryl methyl sites for hydroxylation is 1. The summed E-state index contributed by atoms with van der Waals surface area (Å²) in [6, 6.07) is 10.1. The number of aliphatic hydroxyl groups is 1. The molecule has 1 amide bonds. The maximum absolute atomic E-state index is 13.2. The van der Waals surface area contributed by atoms with Crippen LogP contribution in [0.4, 0.5) is 13.2 Å². The molecule has 3 N–H and O–H groups in total. The molecule has 0 spiro atoms. The van der Waals surface area contributed by atoms with E-state index in [1.807, 2.05) is 6.20 Å². The number of rotatable bonds is 5. The lowest BCUT2D eigenvalue weighted by Crippen LogP contribution is -2.64. The molecule has 8 nitrogen and oxygen atoms in total. The minimum atomic E-state index is -4.43. The number of nitrogens with zero attached hydrogens (tertiary/aromatic N) is 5. The van der Waals surface area contributed by atoms with Crippen LogP contribution in [0.3, 0.4) is 0 Å². The fraction of sp³-hybridized carbons (Fsp3) is 0.240. The predicted molar refractivity (Wildman–Crippen MR) is 130 cm³/mol. The summed E-state index contributed by atoms with van der Waals surface area (Å²) in [5, 5.41) is 15.8. The van der Waals surface area contributed by atoms with Crippen molar-refractivity contribution in [1.29, 1.82) is 0 Å². The number of hydrogen-bond donors (Lipinski definition) is 2. The van der Waals surface area contributed by atoms with Gasteiger partial charge >= 0.3 is 6.18 Å². The number of carbonyl (C=O) groups is 1. The van der Waals surface area contributed by atoms with Crippen molar-refractivity contribution in [3.05, 3.63) is 72.1 Å². The van der Waals surface area contributed by atoms with Gasteiger partial charge in [0, 0.05) is 41.5 Å². The second kappa shape index (κ2) is 8.52. The predicted octanol–water partition coefficient (Wildman–Crippen LogP) is 3.27. The molecule has 0 unspecified atom stereocenters. The summed E-state index contributed by atoms with van der Waals surface area (Å²) >= 11 is 0. The van der Waals surface area contributed by atoms with Crippen LogP contribution in [-0.4, -0.2) is 61.7 Å². The van der Waals surface area contributed by atoms with Gasteiger partial charge in [-0.1, -0.05) is 0 Å². The van der Waals surface area contributed by atoms with E-state index in [9.17, 15) is 23.1 Å². The zero-order chi connectivity index (χ0) is 25.7. The smallest absolute Gasteiger partial charge is 0.405 e. The van der Waals surface area contributed by atoms with Gasteiger partial charge in [0.05, 0.1) is 30.8 Å². The third-order valence-electron chi connectivity index (χ3n) is 6.35. The molecule has 3 heterocycles. The fourth-order valence-corrected chi connectivity index (χ4v) is 4.55. The van der Waals surface area contributed by atoms with E-state index in [0.717, 1.165) is 28.4 Å². The van der Waals surface area contributed by atoms with Gasteiger partial charge in [-0.3, -0.25) is 19.0 Å². The van der Waals surface area contributed by atoms with Crippen LogP contribution in [-0.2, 0) is 13.2 Å². The molecule has 36 heavy (non-hydrogen) atoms. The molecule has 0 radical (unpaired) electrons. The van der Waals surface area contributed by atoms with Crippen LogP contribution >= 0.6 is 0 Å². The summed E-state index contributed by atoms with van der Waals surface area (Å²) < 4.78 is 42.6. The van der Waals surface area contributed by atoms with E-state index in [4.69, 9.17) is 5.73 Å². The Balaban J connectivity index is 1.50. The summed E-state index contributed by atoms with van der Waals surface area (Å²) in [5.41, 5.74) is 6.10. The van der Waals surface area contributed by atoms with Crippen molar-refractivity contribution in [3.8, 4) is 5.69 Å². The van der Waals surface area contributed by atoms with Crippen molar-refractivity contribution in [2.24, 2.45) is 17.8 Å². The van der Waals surface area contributed by atoms with Crippen LogP contribution in [0, 0.1) is 0 Å². The van der Waals surface area contributed by atoms with E-state index in [1.165, 1.54) is 24.5 Å². The highest BCUT2D eigenvalue weighted by molar-refractivity contribution is 6.10. The number of aliphatic hydroxyl groups excluding tert-OH is 1. The van der Waals surface area contributed by atoms with Crippen molar-refractivity contribution in [3.63, 3.8) is 0 Å². The minimum Gasteiger partial charge on any atom is -0.405 e. The maximum Gasteiger partial charge on any atom is 0.416 e. The van der Waals surface area contributed by atoms with Gasteiger partial charge in [0.1, 0.15) is 5.54 Å². The molecule has 0 atom stereocenters. The van der Waals surface area contributed by atoms with Gasteiger partial charge in [0.15, 0.2) is 5.65 Å². The SMILES string of the molecule is Cn1cc2c3cc(C(=O)N4CC(CO)(N=C/C=C\N)C4)ccc3n(-c3ccc(C(F)(F)F)cc3)c2n1. The number of allylic oxidation sites excluding steroid dienone is 1. The highest BCUT2D eigenvalue weighted by Gasteiger charge is 2.44. The summed E-state index contributed by atoms with van der Waals surface area (Å²) in [6.07, 6.45) is 1.78. The molecule has 11 heteroatoms. The molecule has 2 aromatic carbocycles. The Morgan fingerprint density at radius 1 is 1.19 bits per heavy atom. The summed E-state index contributed by atoms with van der Waals surface area (Å²) in [6.45, 7) is 0.339. The number of aliphatic imine (C=N–C) groups is 1. The molecule has 1 aliphatic heterocycles. The zero-order valence-corrected chi connectivity index (χ0v) is 19.3. The van der Waals surface area contributed by atoms with Crippen LogP contribution in [0.1, 0.15) is 15.9 Å². The second-order valence-electron chi connectivity index (χ2n) is 8.86. The van der Waals surface area contributed by atoms with E-state index in [0.29, 0.717) is 16.9 Å². The highest BCUT2D eigenvalue weighted by atomic mass is 19.4. The lowest BCUT2D eigenvalue weighted by atomic mass is 9.90. The van der Waals surface area contributed by atoms with Gasteiger partial charge in [-0.2, -0.15) is 18.3 Å². The summed E-state index contributed by atoms with van der Waals surface area (Å²) in [5.74, 6) is -0.204. The van der Waals surface area contributed by atoms with Crippen molar-refractivity contribution >= 4 is 34.1 Å². The Kier molecular flexibility index (Phi) is 5.59. The van der Waals surface area contributed by atoms with Crippen molar-refractivity contribution in [1.82, 2.24) is 19.2 Å². The second-order valence-corrected chi connectivity index (χ2v) is 8.86. The first-order valence-electron chi connectivity index (χ1n) is 11.1. The molecule has 186 valence electrons. The maximum atomic E-state index is 13.2. The van der Waals surface area contributed by atoms with Crippen LogP contribution < -0.4 is 5.73 Å². The van der Waals surface area contributed by atoms with Gasteiger partial charge in [-0.05, 0) is 54.7 Å². The van der Waals surface area contributed by atoms with Gasteiger partial charge < -0.3 is 15.7 Å². The number of aromatic nitrogens is 3. The zero-order valence-electron chi connectivity index (χ0n) is 19.3. The lowest BCUT2D eigenvalue weighted by Gasteiger charge is -2.46. The first-order valence-corrected chi connectivity index (χ1v) is 11.1. The summed E-state index contributed by atoms with van der Waals surface area (Å²) in [4.78, 5) is 19.1. The van der Waals surface area contributed by atoms with Gasteiger partial charge in [-0.25, -0.2) is 0 Å². The molecule has 4 aromatic rings. The van der Waals surface area contributed by atoms with Gasteiger partial charge in [0.25, 0.3) is 5.91 Å². The molecule has 0 aliphatic carbocycles. The Hall–Kier alpha value is -4.12. The Morgan fingerprint density at radius 2 is 1.92 bits per heavy atom.